The molecule has 0 bridgehead atoms. The van der Waals surface area contributed by atoms with Crippen LogP contribution in [0.1, 0.15) is 45.4 Å². The first-order valence-electron chi connectivity index (χ1n) is 5.51. The van der Waals surface area contributed by atoms with Gasteiger partial charge in [-0.3, -0.25) is 0 Å². The van der Waals surface area contributed by atoms with Gasteiger partial charge >= 0.3 is 0 Å². The Balaban J connectivity index is 0.00000144. The maximum atomic E-state index is 2.46. The Labute approximate surface area is 100 Å². The van der Waals surface area contributed by atoms with Crippen molar-refractivity contribution in [2.45, 2.75) is 45.4 Å². The van der Waals surface area contributed by atoms with Gasteiger partial charge in [-0.2, -0.15) is 0 Å². The van der Waals surface area contributed by atoms with Gasteiger partial charge in [-0.25, -0.2) is 0 Å². The molecule has 0 aliphatic carbocycles. The van der Waals surface area contributed by atoms with Gasteiger partial charge in [0.25, 0.3) is 0 Å². The maximum Gasteiger partial charge on any atom is 0.000708 e. The normalized spacial score (nSPS) is 23.1. The van der Waals surface area contributed by atoms with Crippen LogP contribution in [0.25, 0.3) is 0 Å². The highest BCUT2D eigenvalue weighted by molar-refractivity contribution is 14.0. The second kappa shape index (κ2) is 8.04. The zero-order chi connectivity index (χ0) is 8.81. The predicted molar refractivity (Wildman–Crippen MR) is 69.8 cm³/mol. The van der Waals surface area contributed by atoms with Crippen LogP contribution >= 0.6 is 24.0 Å². The standard InChI is InChI=1S/C11H23N.HI/c1-3-4-5-6-7-11-8-9-12(2)10-11;/h11H,3-10H2,1-2H3;1H. The van der Waals surface area contributed by atoms with E-state index in [2.05, 4.69) is 18.9 Å². The van der Waals surface area contributed by atoms with Crippen LogP contribution in [0.5, 0.6) is 0 Å². The molecule has 1 heterocycles. The molecule has 1 saturated heterocycles. The third kappa shape index (κ3) is 5.89. The third-order valence-corrected chi connectivity index (χ3v) is 2.95. The zero-order valence-electron chi connectivity index (χ0n) is 9.09. The minimum atomic E-state index is 0. The van der Waals surface area contributed by atoms with Gasteiger partial charge in [-0.1, -0.05) is 32.6 Å². The van der Waals surface area contributed by atoms with Gasteiger partial charge in [0.2, 0.25) is 0 Å². The van der Waals surface area contributed by atoms with E-state index in [1.807, 2.05) is 0 Å². The van der Waals surface area contributed by atoms with Crippen LogP contribution in [0.4, 0.5) is 0 Å². The van der Waals surface area contributed by atoms with Crippen LogP contribution in [-0.2, 0) is 0 Å². The largest absolute Gasteiger partial charge is 0.306 e. The van der Waals surface area contributed by atoms with Crippen LogP contribution in [0.2, 0.25) is 0 Å². The van der Waals surface area contributed by atoms with Crippen molar-refractivity contribution in [2.24, 2.45) is 5.92 Å². The number of unbranched alkanes of at least 4 members (excludes halogenated alkanes) is 3. The number of halogens is 1. The third-order valence-electron chi connectivity index (χ3n) is 2.95. The first kappa shape index (κ1) is 13.7. The number of rotatable bonds is 5. The van der Waals surface area contributed by atoms with E-state index in [4.69, 9.17) is 0 Å². The monoisotopic (exact) mass is 297 g/mol. The van der Waals surface area contributed by atoms with Crippen molar-refractivity contribution in [3.8, 4) is 0 Å². The number of nitrogens with zero attached hydrogens (tertiary/aromatic N) is 1. The molecule has 1 aliphatic heterocycles. The van der Waals surface area contributed by atoms with E-state index in [9.17, 15) is 0 Å². The summed E-state index contributed by atoms with van der Waals surface area (Å²) >= 11 is 0. The van der Waals surface area contributed by atoms with Crippen LogP contribution in [0.15, 0.2) is 0 Å². The lowest BCUT2D eigenvalue weighted by atomic mass is 10.0. The average Bonchev–Trinajstić information content (AvgIpc) is 2.45. The van der Waals surface area contributed by atoms with Crippen LogP contribution < -0.4 is 0 Å². The van der Waals surface area contributed by atoms with Crippen LogP contribution in [0, 0.1) is 5.92 Å². The summed E-state index contributed by atoms with van der Waals surface area (Å²) in [7, 11) is 2.24. The van der Waals surface area contributed by atoms with E-state index in [1.54, 1.807) is 0 Å². The Morgan fingerprint density at radius 2 is 2.00 bits per heavy atom. The van der Waals surface area contributed by atoms with Gasteiger partial charge in [0, 0.05) is 6.54 Å². The molecule has 2 heteroatoms. The van der Waals surface area contributed by atoms with E-state index in [-0.39, 0.29) is 24.0 Å². The summed E-state index contributed by atoms with van der Waals surface area (Å²) in [6, 6.07) is 0. The van der Waals surface area contributed by atoms with E-state index in [0.29, 0.717) is 0 Å². The average molecular weight is 297 g/mol. The minimum Gasteiger partial charge on any atom is -0.306 e. The zero-order valence-corrected chi connectivity index (χ0v) is 11.4. The molecular formula is C11H24IN. The van der Waals surface area contributed by atoms with Gasteiger partial charge in [0.1, 0.15) is 0 Å². The van der Waals surface area contributed by atoms with E-state index < -0.39 is 0 Å². The topological polar surface area (TPSA) is 3.24 Å². The molecule has 0 amide bonds. The van der Waals surface area contributed by atoms with Crippen molar-refractivity contribution in [3.63, 3.8) is 0 Å². The SMILES string of the molecule is CCCCCCC1CCN(C)C1.I. The van der Waals surface area contributed by atoms with Crippen molar-refractivity contribution >= 4 is 24.0 Å². The summed E-state index contributed by atoms with van der Waals surface area (Å²) in [5.74, 6) is 1.02. The molecule has 1 fully saturated rings. The number of hydrogen-bond acceptors (Lipinski definition) is 1. The molecule has 0 aromatic heterocycles. The molecule has 1 unspecified atom stereocenters. The Morgan fingerprint density at radius 1 is 1.23 bits per heavy atom. The molecule has 0 N–H and O–H groups in total. The fraction of sp³-hybridized carbons (Fsp3) is 1.00. The van der Waals surface area contributed by atoms with Crippen molar-refractivity contribution < 1.29 is 0 Å². The van der Waals surface area contributed by atoms with Gasteiger partial charge in [0.05, 0.1) is 0 Å². The van der Waals surface area contributed by atoms with E-state index in [0.717, 1.165) is 5.92 Å². The quantitative estimate of drug-likeness (QED) is 0.554. The maximum absolute atomic E-state index is 2.46. The van der Waals surface area contributed by atoms with Crippen molar-refractivity contribution in [3.05, 3.63) is 0 Å². The van der Waals surface area contributed by atoms with Crippen molar-refractivity contribution in [1.82, 2.24) is 4.90 Å². The molecule has 0 aromatic rings. The molecule has 80 valence electrons. The summed E-state index contributed by atoms with van der Waals surface area (Å²) in [5, 5.41) is 0. The second-order valence-electron chi connectivity index (χ2n) is 4.27. The Morgan fingerprint density at radius 3 is 2.54 bits per heavy atom. The molecule has 1 rings (SSSR count). The van der Waals surface area contributed by atoms with Gasteiger partial charge in [-0.15, -0.1) is 24.0 Å². The Bertz CT molecular complexity index is 117. The smallest absolute Gasteiger partial charge is 0.000708 e. The summed E-state index contributed by atoms with van der Waals surface area (Å²) in [5.41, 5.74) is 0. The molecule has 0 aromatic carbocycles. The highest BCUT2D eigenvalue weighted by Gasteiger charge is 2.18. The van der Waals surface area contributed by atoms with Crippen LogP contribution in [-0.4, -0.2) is 25.0 Å². The van der Waals surface area contributed by atoms with Crippen molar-refractivity contribution in [1.29, 1.82) is 0 Å². The predicted octanol–water partition coefficient (Wildman–Crippen LogP) is 3.53. The van der Waals surface area contributed by atoms with Crippen molar-refractivity contribution in [2.75, 3.05) is 20.1 Å². The van der Waals surface area contributed by atoms with E-state index in [1.165, 1.54) is 51.6 Å². The molecule has 0 saturated carbocycles. The lowest BCUT2D eigenvalue weighted by Crippen LogP contribution is -2.13. The highest BCUT2D eigenvalue weighted by atomic mass is 127. The highest BCUT2D eigenvalue weighted by Crippen LogP contribution is 2.20. The van der Waals surface area contributed by atoms with E-state index >= 15 is 0 Å². The number of likely N-dealkylation sites (tertiary alicyclic amines) is 1. The first-order valence-corrected chi connectivity index (χ1v) is 5.51. The lowest BCUT2D eigenvalue weighted by Gasteiger charge is -2.09. The number of hydrogen-bond donors (Lipinski definition) is 0. The Hall–Kier alpha value is 0.690. The summed E-state index contributed by atoms with van der Waals surface area (Å²) in [6.45, 7) is 4.97. The van der Waals surface area contributed by atoms with Gasteiger partial charge in [-0.05, 0) is 32.4 Å². The Kier molecular flexibility index (Phi) is 8.46. The lowest BCUT2D eigenvalue weighted by molar-refractivity contribution is 0.382. The molecule has 1 nitrogen and oxygen atoms in total. The van der Waals surface area contributed by atoms with Crippen LogP contribution in [0.3, 0.4) is 0 Å². The molecule has 1 aliphatic rings. The summed E-state index contributed by atoms with van der Waals surface area (Å²) < 4.78 is 0. The minimum absolute atomic E-state index is 0. The molecule has 0 radical (unpaired) electrons. The molecule has 0 spiro atoms. The first-order chi connectivity index (χ1) is 5.83. The van der Waals surface area contributed by atoms with Gasteiger partial charge < -0.3 is 4.90 Å². The molecule has 13 heavy (non-hydrogen) atoms. The molecular weight excluding hydrogens is 273 g/mol. The van der Waals surface area contributed by atoms with Gasteiger partial charge in [0.15, 0.2) is 0 Å². The summed E-state index contributed by atoms with van der Waals surface area (Å²) in [6.07, 6.45) is 8.64. The second-order valence-corrected chi connectivity index (χ2v) is 4.27. The molecule has 1 atom stereocenters. The fourth-order valence-electron chi connectivity index (χ4n) is 2.12. The summed E-state index contributed by atoms with van der Waals surface area (Å²) in [4.78, 5) is 2.46. The fourth-order valence-corrected chi connectivity index (χ4v) is 2.12.